The monoisotopic (exact) mass is 189 g/mol. The minimum atomic E-state index is 0.760. The summed E-state index contributed by atoms with van der Waals surface area (Å²) in [6.07, 6.45) is 3.45. The van der Waals surface area contributed by atoms with Crippen LogP contribution < -0.4 is 4.74 Å². The second-order valence-corrected chi connectivity index (χ2v) is 2.92. The Morgan fingerprint density at radius 1 is 1.29 bits per heavy atom. The normalized spacial score (nSPS) is 10.1. The van der Waals surface area contributed by atoms with Gasteiger partial charge in [-0.15, -0.1) is 0 Å². The fraction of sp³-hybridized carbons (Fsp3) is 0.200. The van der Waals surface area contributed by atoms with Crippen molar-refractivity contribution in [1.82, 2.24) is 14.8 Å². The number of ether oxygens (including phenoxy) is 1. The van der Waals surface area contributed by atoms with E-state index in [9.17, 15) is 0 Å². The van der Waals surface area contributed by atoms with Crippen LogP contribution in [-0.4, -0.2) is 21.9 Å². The van der Waals surface area contributed by atoms with E-state index in [4.69, 9.17) is 4.74 Å². The summed E-state index contributed by atoms with van der Waals surface area (Å²) in [4.78, 5) is 4.27. The van der Waals surface area contributed by atoms with Crippen molar-refractivity contribution in [3.8, 4) is 17.1 Å². The molecule has 0 saturated carbocycles. The van der Waals surface area contributed by atoms with Gasteiger partial charge in [-0.2, -0.15) is 5.10 Å². The summed E-state index contributed by atoms with van der Waals surface area (Å²) in [7, 11) is 3.52. The highest BCUT2D eigenvalue weighted by atomic mass is 16.5. The molecule has 4 heteroatoms. The maximum atomic E-state index is 5.03. The number of hydrogen-bond donors (Lipinski definition) is 0. The van der Waals surface area contributed by atoms with E-state index >= 15 is 0 Å². The Morgan fingerprint density at radius 3 is 2.64 bits per heavy atom. The summed E-state index contributed by atoms with van der Waals surface area (Å²) >= 11 is 0. The fourth-order valence-corrected chi connectivity index (χ4v) is 1.28. The molecule has 0 aliphatic heterocycles. The highest BCUT2D eigenvalue weighted by molar-refractivity contribution is 5.54. The van der Waals surface area contributed by atoms with E-state index in [0.29, 0.717) is 0 Å². The van der Waals surface area contributed by atoms with Gasteiger partial charge in [0.2, 0.25) is 0 Å². The number of pyridine rings is 1. The van der Waals surface area contributed by atoms with Crippen LogP contribution >= 0.6 is 0 Å². The van der Waals surface area contributed by atoms with Gasteiger partial charge < -0.3 is 4.74 Å². The molecule has 0 saturated heterocycles. The minimum Gasteiger partial charge on any atom is -0.495 e. The third-order valence-electron chi connectivity index (χ3n) is 2.06. The highest BCUT2D eigenvalue weighted by Crippen LogP contribution is 2.17. The number of aryl methyl sites for hydroxylation is 1. The van der Waals surface area contributed by atoms with Crippen molar-refractivity contribution in [1.29, 1.82) is 0 Å². The van der Waals surface area contributed by atoms with Crippen LogP contribution in [0.3, 0.4) is 0 Å². The lowest BCUT2D eigenvalue weighted by molar-refractivity contribution is 0.413. The van der Waals surface area contributed by atoms with Crippen molar-refractivity contribution in [2.24, 2.45) is 7.05 Å². The molecule has 0 bridgehead atoms. The van der Waals surface area contributed by atoms with Gasteiger partial charge in [0.05, 0.1) is 24.7 Å². The Morgan fingerprint density at radius 2 is 2.14 bits per heavy atom. The molecule has 0 radical (unpaired) electrons. The summed E-state index contributed by atoms with van der Waals surface area (Å²) in [5, 5.41) is 4.08. The summed E-state index contributed by atoms with van der Waals surface area (Å²) in [6, 6.07) is 5.72. The van der Waals surface area contributed by atoms with E-state index < -0.39 is 0 Å². The molecule has 2 heterocycles. The van der Waals surface area contributed by atoms with Crippen LogP contribution in [0.5, 0.6) is 5.75 Å². The minimum absolute atomic E-state index is 0.760. The van der Waals surface area contributed by atoms with Crippen LogP contribution in [0.4, 0.5) is 0 Å². The van der Waals surface area contributed by atoms with E-state index in [1.807, 2.05) is 25.2 Å². The second kappa shape index (κ2) is 3.49. The molecule has 2 aromatic heterocycles. The van der Waals surface area contributed by atoms with Crippen LogP contribution in [0.1, 0.15) is 0 Å². The van der Waals surface area contributed by atoms with Gasteiger partial charge in [0.15, 0.2) is 0 Å². The van der Waals surface area contributed by atoms with Gasteiger partial charge in [-0.3, -0.25) is 9.67 Å². The summed E-state index contributed by atoms with van der Waals surface area (Å²) in [5.74, 6) is 0.760. The first-order valence-corrected chi connectivity index (χ1v) is 4.29. The molecule has 0 aromatic carbocycles. The van der Waals surface area contributed by atoms with Gasteiger partial charge in [-0.25, -0.2) is 0 Å². The van der Waals surface area contributed by atoms with E-state index in [2.05, 4.69) is 10.1 Å². The highest BCUT2D eigenvalue weighted by Gasteiger charge is 2.03. The molecule has 0 N–H and O–H groups in total. The topological polar surface area (TPSA) is 39.9 Å². The molecule has 0 atom stereocenters. The maximum Gasteiger partial charge on any atom is 0.137 e. The molecule has 72 valence electrons. The van der Waals surface area contributed by atoms with E-state index in [0.717, 1.165) is 17.1 Å². The lowest BCUT2D eigenvalue weighted by Crippen LogP contribution is -1.95. The van der Waals surface area contributed by atoms with Crippen LogP contribution in [0.15, 0.2) is 30.6 Å². The van der Waals surface area contributed by atoms with Gasteiger partial charge in [-0.05, 0) is 18.2 Å². The molecule has 4 nitrogen and oxygen atoms in total. The smallest absolute Gasteiger partial charge is 0.137 e. The van der Waals surface area contributed by atoms with Crippen molar-refractivity contribution in [2.75, 3.05) is 7.11 Å². The number of nitrogens with zero attached hydrogens (tertiary/aromatic N) is 3. The van der Waals surface area contributed by atoms with Crippen molar-refractivity contribution in [2.45, 2.75) is 0 Å². The van der Waals surface area contributed by atoms with Crippen LogP contribution in [0.2, 0.25) is 0 Å². The molecule has 14 heavy (non-hydrogen) atoms. The third kappa shape index (κ3) is 1.46. The zero-order valence-electron chi connectivity index (χ0n) is 8.14. The zero-order valence-corrected chi connectivity index (χ0v) is 8.14. The lowest BCUT2D eigenvalue weighted by Gasteiger charge is -2.02. The number of aromatic nitrogens is 3. The molecule has 2 rings (SSSR count). The molecular formula is C10H11N3O. The molecule has 0 unspecified atom stereocenters. The Kier molecular flexibility index (Phi) is 2.18. The van der Waals surface area contributed by atoms with Gasteiger partial charge >= 0.3 is 0 Å². The summed E-state index contributed by atoms with van der Waals surface area (Å²) in [5.41, 5.74) is 1.89. The standard InChI is InChI=1S/C10H11N3O/c1-13-10(5-6-12-13)9-4-3-8(14-2)7-11-9/h3-7H,1-2H3. The molecular weight excluding hydrogens is 178 g/mol. The molecule has 0 fully saturated rings. The number of rotatable bonds is 2. The fourth-order valence-electron chi connectivity index (χ4n) is 1.28. The van der Waals surface area contributed by atoms with Crippen LogP contribution in [0.25, 0.3) is 11.4 Å². The Labute approximate surface area is 82.2 Å². The lowest BCUT2D eigenvalue weighted by atomic mass is 10.3. The molecule has 0 aliphatic rings. The van der Waals surface area contributed by atoms with Crippen molar-refractivity contribution >= 4 is 0 Å². The van der Waals surface area contributed by atoms with Gasteiger partial charge in [0, 0.05) is 13.2 Å². The van der Waals surface area contributed by atoms with Crippen LogP contribution in [-0.2, 0) is 7.05 Å². The first-order chi connectivity index (χ1) is 6.81. The third-order valence-corrected chi connectivity index (χ3v) is 2.06. The van der Waals surface area contributed by atoms with Gasteiger partial charge in [-0.1, -0.05) is 0 Å². The quantitative estimate of drug-likeness (QED) is 0.718. The van der Waals surface area contributed by atoms with Crippen molar-refractivity contribution in [3.63, 3.8) is 0 Å². The largest absolute Gasteiger partial charge is 0.495 e. The second-order valence-electron chi connectivity index (χ2n) is 2.92. The SMILES string of the molecule is COc1ccc(-c2ccnn2C)nc1. The summed E-state index contributed by atoms with van der Waals surface area (Å²) < 4.78 is 6.82. The average Bonchev–Trinajstić information content (AvgIpc) is 2.65. The number of hydrogen-bond acceptors (Lipinski definition) is 3. The van der Waals surface area contributed by atoms with E-state index in [1.165, 1.54) is 0 Å². The van der Waals surface area contributed by atoms with E-state index in [1.54, 1.807) is 24.2 Å². The molecule has 2 aromatic rings. The Balaban J connectivity index is 2.39. The first-order valence-electron chi connectivity index (χ1n) is 4.29. The maximum absolute atomic E-state index is 5.03. The predicted octanol–water partition coefficient (Wildman–Crippen LogP) is 1.49. The van der Waals surface area contributed by atoms with E-state index in [-0.39, 0.29) is 0 Å². The molecule has 0 amide bonds. The predicted molar refractivity (Wildman–Crippen MR) is 53.0 cm³/mol. The zero-order chi connectivity index (χ0) is 9.97. The van der Waals surface area contributed by atoms with Crippen molar-refractivity contribution in [3.05, 3.63) is 30.6 Å². The average molecular weight is 189 g/mol. The molecule has 0 aliphatic carbocycles. The van der Waals surface area contributed by atoms with Gasteiger partial charge in [0.25, 0.3) is 0 Å². The van der Waals surface area contributed by atoms with Crippen molar-refractivity contribution < 1.29 is 4.74 Å². The Hall–Kier alpha value is -1.84. The van der Waals surface area contributed by atoms with Gasteiger partial charge in [0.1, 0.15) is 5.75 Å². The molecule has 0 spiro atoms. The summed E-state index contributed by atoms with van der Waals surface area (Å²) in [6.45, 7) is 0. The Bertz CT molecular complexity index is 419. The van der Waals surface area contributed by atoms with Crippen LogP contribution in [0, 0.1) is 0 Å². The number of methoxy groups -OCH3 is 1. The first kappa shape index (κ1) is 8.74.